The van der Waals surface area contributed by atoms with Crippen LogP contribution in [0, 0.1) is 6.92 Å². The van der Waals surface area contributed by atoms with Crippen molar-refractivity contribution in [3.63, 3.8) is 0 Å². The second kappa shape index (κ2) is 9.31. The number of nitrogens with zero attached hydrogens (tertiary/aromatic N) is 1. The Morgan fingerprint density at radius 3 is 2.50 bits per heavy atom. The van der Waals surface area contributed by atoms with Gasteiger partial charge in [0, 0.05) is 19.6 Å². The molecule has 0 aliphatic carbocycles. The van der Waals surface area contributed by atoms with Crippen molar-refractivity contribution in [3.05, 3.63) is 23.7 Å². The van der Waals surface area contributed by atoms with E-state index in [1.165, 1.54) is 12.3 Å². The molecule has 0 bridgehead atoms. The summed E-state index contributed by atoms with van der Waals surface area (Å²) in [6.45, 7) is 4.06. The third kappa shape index (κ3) is 7.49. The summed E-state index contributed by atoms with van der Waals surface area (Å²) in [5.41, 5.74) is 0.354. The highest BCUT2D eigenvalue weighted by Gasteiger charge is 2.27. The Morgan fingerprint density at radius 1 is 1.25 bits per heavy atom. The van der Waals surface area contributed by atoms with Crippen LogP contribution in [0.5, 0.6) is 0 Å². The Morgan fingerprint density at radius 2 is 1.96 bits per heavy atom. The van der Waals surface area contributed by atoms with Gasteiger partial charge in [0.15, 0.2) is 0 Å². The highest BCUT2D eigenvalue weighted by molar-refractivity contribution is 5.97. The van der Waals surface area contributed by atoms with Gasteiger partial charge in [-0.2, -0.15) is 13.2 Å². The maximum absolute atomic E-state index is 12.2. The lowest BCUT2D eigenvalue weighted by Crippen LogP contribution is -2.41. The number of rotatable bonds is 9. The Bertz CT molecular complexity index is 544. The fraction of sp³-hybridized carbons (Fsp3) is 0.600. The maximum atomic E-state index is 12.2. The second-order valence-electron chi connectivity index (χ2n) is 5.22. The summed E-state index contributed by atoms with van der Waals surface area (Å²) in [6.07, 6.45) is -3.69. The lowest BCUT2D eigenvalue weighted by atomic mass is 10.2. The van der Waals surface area contributed by atoms with Crippen molar-refractivity contribution in [2.24, 2.45) is 0 Å². The summed E-state index contributed by atoms with van der Waals surface area (Å²) in [5, 5.41) is 5.01. The Hall–Kier alpha value is -2.03. The number of likely N-dealkylation sites (N-methyl/N-ethyl adjacent to an activating group) is 1. The second-order valence-corrected chi connectivity index (χ2v) is 5.22. The van der Waals surface area contributed by atoms with Crippen LogP contribution in [0.15, 0.2) is 16.7 Å². The molecule has 0 aromatic carbocycles. The molecule has 136 valence electrons. The highest BCUT2D eigenvalue weighted by Crippen LogP contribution is 2.19. The Balaban J connectivity index is 2.23. The van der Waals surface area contributed by atoms with Gasteiger partial charge < -0.3 is 20.0 Å². The van der Waals surface area contributed by atoms with Crippen LogP contribution < -0.4 is 10.6 Å². The largest absolute Gasteiger partial charge is 0.469 e. The molecule has 0 atom stereocenters. The van der Waals surface area contributed by atoms with Gasteiger partial charge in [-0.25, -0.2) is 0 Å². The van der Waals surface area contributed by atoms with Crippen molar-refractivity contribution >= 4 is 11.8 Å². The summed E-state index contributed by atoms with van der Waals surface area (Å²) in [7, 11) is 0. The first-order valence-corrected chi connectivity index (χ1v) is 7.61. The third-order valence-electron chi connectivity index (χ3n) is 3.42. The molecule has 0 spiro atoms. The summed E-state index contributed by atoms with van der Waals surface area (Å²) in [4.78, 5) is 25.0. The van der Waals surface area contributed by atoms with Gasteiger partial charge in [0.25, 0.3) is 5.91 Å². The molecule has 0 aliphatic rings. The van der Waals surface area contributed by atoms with Crippen LogP contribution in [0.2, 0.25) is 0 Å². The van der Waals surface area contributed by atoms with E-state index in [4.69, 9.17) is 4.42 Å². The molecule has 0 radical (unpaired) electrons. The van der Waals surface area contributed by atoms with Gasteiger partial charge in [0.2, 0.25) is 5.91 Å². The van der Waals surface area contributed by atoms with Crippen molar-refractivity contribution < 1.29 is 27.2 Å². The summed E-state index contributed by atoms with van der Waals surface area (Å²) >= 11 is 0. The molecule has 24 heavy (non-hydrogen) atoms. The fourth-order valence-electron chi connectivity index (χ4n) is 2.01. The predicted molar refractivity (Wildman–Crippen MR) is 81.6 cm³/mol. The van der Waals surface area contributed by atoms with Crippen LogP contribution in [-0.4, -0.2) is 55.6 Å². The first-order valence-electron chi connectivity index (χ1n) is 7.61. The zero-order valence-electron chi connectivity index (χ0n) is 13.7. The molecule has 0 saturated carbocycles. The molecule has 0 saturated heterocycles. The number of hydrogen-bond donors (Lipinski definition) is 2. The topological polar surface area (TPSA) is 74.6 Å². The Kier molecular flexibility index (Phi) is 7.76. The smallest absolute Gasteiger partial charge is 0.390 e. The molecule has 0 unspecified atom stereocenters. The summed E-state index contributed by atoms with van der Waals surface area (Å²) in [5.74, 6) is -0.371. The van der Waals surface area contributed by atoms with Gasteiger partial charge in [0.05, 0.1) is 24.8 Å². The Labute approximate surface area is 138 Å². The molecular formula is C15H22F3N3O3. The van der Waals surface area contributed by atoms with Gasteiger partial charge in [-0.3, -0.25) is 9.59 Å². The molecule has 6 nitrogen and oxygen atoms in total. The first-order chi connectivity index (χ1) is 11.2. The van der Waals surface area contributed by atoms with E-state index >= 15 is 0 Å². The number of halogens is 3. The first kappa shape index (κ1) is 20.0. The molecular weight excluding hydrogens is 327 g/mol. The van der Waals surface area contributed by atoms with E-state index in [2.05, 4.69) is 10.6 Å². The van der Waals surface area contributed by atoms with Gasteiger partial charge in [-0.1, -0.05) is 6.92 Å². The van der Waals surface area contributed by atoms with Crippen molar-refractivity contribution in [2.45, 2.75) is 26.4 Å². The number of carbonyl (C=O) groups is 2. The number of aryl methyl sites for hydroxylation is 1. The van der Waals surface area contributed by atoms with Crippen molar-refractivity contribution in [3.8, 4) is 0 Å². The fourth-order valence-corrected chi connectivity index (χ4v) is 2.01. The normalized spacial score (nSPS) is 11.6. The van der Waals surface area contributed by atoms with E-state index in [0.29, 0.717) is 24.4 Å². The van der Waals surface area contributed by atoms with Gasteiger partial charge in [-0.15, -0.1) is 0 Å². The van der Waals surface area contributed by atoms with E-state index in [-0.39, 0.29) is 19.6 Å². The standard InChI is InChI=1S/C15H22F3N3O3/c1-3-21(7-5-15(16,17)18)8-6-19-13(22)10-20-14(23)12-4-9-24-11(12)2/h4,9H,3,5-8,10H2,1-2H3,(H,19,22)(H,20,23). The van der Waals surface area contributed by atoms with Crippen molar-refractivity contribution in [1.82, 2.24) is 15.5 Å². The predicted octanol–water partition coefficient (Wildman–Crippen LogP) is 1.71. The molecule has 1 aromatic heterocycles. The van der Waals surface area contributed by atoms with Crippen molar-refractivity contribution in [1.29, 1.82) is 0 Å². The molecule has 2 amide bonds. The molecule has 1 aromatic rings. The zero-order chi connectivity index (χ0) is 18.2. The van der Waals surface area contributed by atoms with Crippen LogP contribution >= 0.6 is 0 Å². The number of furan rings is 1. The monoisotopic (exact) mass is 349 g/mol. The van der Waals surface area contributed by atoms with Crippen LogP contribution in [-0.2, 0) is 4.79 Å². The lowest BCUT2D eigenvalue weighted by Gasteiger charge is -2.21. The van der Waals surface area contributed by atoms with Crippen LogP contribution in [0.1, 0.15) is 29.5 Å². The summed E-state index contributed by atoms with van der Waals surface area (Å²) < 4.78 is 41.5. The molecule has 0 aliphatic heterocycles. The van der Waals surface area contributed by atoms with Crippen LogP contribution in [0.4, 0.5) is 13.2 Å². The minimum atomic E-state index is -4.19. The maximum Gasteiger partial charge on any atom is 0.390 e. The summed E-state index contributed by atoms with van der Waals surface area (Å²) in [6, 6.07) is 1.50. The number of carbonyl (C=O) groups excluding carboxylic acids is 2. The molecule has 9 heteroatoms. The number of hydrogen-bond acceptors (Lipinski definition) is 4. The average Bonchev–Trinajstić information content (AvgIpc) is 2.93. The van der Waals surface area contributed by atoms with E-state index in [0.717, 1.165) is 0 Å². The van der Waals surface area contributed by atoms with Gasteiger partial charge >= 0.3 is 6.18 Å². The van der Waals surface area contributed by atoms with Gasteiger partial charge in [0.1, 0.15) is 5.76 Å². The number of nitrogens with one attached hydrogen (secondary N) is 2. The minimum absolute atomic E-state index is 0.105. The number of amides is 2. The van der Waals surface area contributed by atoms with Crippen LogP contribution in [0.25, 0.3) is 0 Å². The van der Waals surface area contributed by atoms with Crippen LogP contribution in [0.3, 0.4) is 0 Å². The van der Waals surface area contributed by atoms with E-state index in [1.807, 2.05) is 0 Å². The highest BCUT2D eigenvalue weighted by atomic mass is 19.4. The van der Waals surface area contributed by atoms with E-state index in [1.54, 1.807) is 18.7 Å². The van der Waals surface area contributed by atoms with E-state index in [9.17, 15) is 22.8 Å². The minimum Gasteiger partial charge on any atom is -0.469 e. The lowest BCUT2D eigenvalue weighted by molar-refractivity contribution is -0.138. The number of alkyl halides is 3. The molecule has 2 N–H and O–H groups in total. The quantitative estimate of drug-likeness (QED) is 0.712. The van der Waals surface area contributed by atoms with E-state index < -0.39 is 24.4 Å². The molecule has 1 rings (SSSR count). The molecule has 1 heterocycles. The van der Waals surface area contributed by atoms with Gasteiger partial charge in [-0.05, 0) is 19.5 Å². The average molecular weight is 349 g/mol. The SMILES string of the molecule is CCN(CCNC(=O)CNC(=O)c1ccoc1C)CCC(F)(F)F. The van der Waals surface area contributed by atoms with Crippen molar-refractivity contribution in [2.75, 3.05) is 32.7 Å². The zero-order valence-corrected chi connectivity index (χ0v) is 13.7. The third-order valence-corrected chi connectivity index (χ3v) is 3.42. The molecule has 0 fully saturated rings.